The number of hydrogen-bond donors (Lipinski definition) is 2. The molecule has 2 aromatic carbocycles. The van der Waals surface area contributed by atoms with Crippen molar-refractivity contribution in [2.45, 2.75) is 12.8 Å². The summed E-state index contributed by atoms with van der Waals surface area (Å²) in [7, 11) is 0. The molecule has 0 amide bonds. The summed E-state index contributed by atoms with van der Waals surface area (Å²) >= 11 is 0. The van der Waals surface area contributed by atoms with E-state index in [0.29, 0.717) is 29.6 Å². The molecule has 8 heteroatoms. The molecule has 0 fully saturated rings. The van der Waals surface area contributed by atoms with Crippen LogP contribution in [-0.4, -0.2) is 20.4 Å². The number of anilines is 1. The van der Waals surface area contributed by atoms with Gasteiger partial charge in [0.2, 0.25) is 11.8 Å². The van der Waals surface area contributed by atoms with Crippen LogP contribution < -0.4 is 5.73 Å². The number of hydrogen-bond acceptors (Lipinski definition) is 5. The van der Waals surface area contributed by atoms with Crippen LogP contribution in [-0.2, 0) is 12.8 Å². The summed E-state index contributed by atoms with van der Waals surface area (Å²) in [5.41, 5.74) is 8.16. The van der Waals surface area contributed by atoms with Crippen LogP contribution in [0.25, 0.3) is 10.9 Å². The zero-order valence-electron chi connectivity index (χ0n) is 13.0. The molecule has 3 N–H and O–H groups in total. The zero-order chi connectivity index (χ0) is 17.4. The number of rotatable bonds is 4. The molecule has 0 saturated carbocycles. The highest BCUT2D eigenvalue weighted by Crippen LogP contribution is 2.21. The van der Waals surface area contributed by atoms with Crippen molar-refractivity contribution in [1.82, 2.24) is 20.4 Å². The molecule has 0 spiro atoms. The first-order valence-corrected chi connectivity index (χ1v) is 7.56. The van der Waals surface area contributed by atoms with Crippen LogP contribution in [0.3, 0.4) is 0 Å². The van der Waals surface area contributed by atoms with E-state index in [2.05, 4.69) is 20.4 Å². The van der Waals surface area contributed by atoms with Crippen LogP contribution in [0.15, 0.2) is 40.8 Å². The number of aromatic amines is 1. The van der Waals surface area contributed by atoms with Crippen molar-refractivity contribution >= 4 is 16.7 Å². The number of fused-ring (bicyclic) bond motifs is 1. The summed E-state index contributed by atoms with van der Waals surface area (Å²) in [4.78, 5) is 0. The molecule has 2 heterocycles. The highest BCUT2D eigenvalue weighted by molar-refractivity contribution is 5.89. The predicted molar refractivity (Wildman–Crippen MR) is 86.8 cm³/mol. The van der Waals surface area contributed by atoms with E-state index in [-0.39, 0.29) is 6.42 Å². The molecule has 6 nitrogen and oxygen atoms in total. The third-order valence-electron chi connectivity index (χ3n) is 3.86. The summed E-state index contributed by atoms with van der Waals surface area (Å²) < 4.78 is 31.8. The Morgan fingerprint density at radius 3 is 2.32 bits per heavy atom. The molecule has 0 aliphatic heterocycles. The molecular formula is C17H13F2N5O. The molecule has 4 aromatic rings. The van der Waals surface area contributed by atoms with Gasteiger partial charge in [-0.1, -0.05) is 12.1 Å². The van der Waals surface area contributed by atoms with Crippen LogP contribution in [0.4, 0.5) is 14.6 Å². The Kier molecular flexibility index (Phi) is 3.64. The number of nitrogen functional groups attached to an aromatic ring is 1. The lowest BCUT2D eigenvalue weighted by atomic mass is 10.1. The number of benzene rings is 2. The maximum absolute atomic E-state index is 13.2. The summed E-state index contributed by atoms with van der Waals surface area (Å²) in [6.07, 6.45) is 0.670. The van der Waals surface area contributed by atoms with E-state index in [0.717, 1.165) is 28.6 Å². The highest BCUT2D eigenvalue weighted by Gasteiger charge is 2.11. The summed E-state index contributed by atoms with van der Waals surface area (Å²) in [5.74, 6) is -0.586. The molecule has 0 atom stereocenters. The van der Waals surface area contributed by atoms with Crippen molar-refractivity contribution in [2.24, 2.45) is 0 Å². The first kappa shape index (κ1) is 15.3. The van der Waals surface area contributed by atoms with Gasteiger partial charge in [-0.15, -0.1) is 10.2 Å². The van der Waals surface area contributed by atoms with Crippen molar-refractivity contribution < 1.29 is 13.2 Å². The van der Waals surface area contributed by atoms with Crippen molar-refractivity contribution in [1.29, 1.82) is 0 Å². The number of H-pyrrole nitrogens is 1. The van der Waals surface area contributed by atoms with Crippen LogP contribution in [0.2, 0.25) is 0 Å². The number of halogens is 2. The van der Waals surface area contributed by atoms with Crippen molar-refractivity contribution in [2.75, 3.05) is 5.73 Å². The third-order valence-corrected chi connectivity index (χ3v) is 3.86. The lowest BCUT2D eigenvalue weighted by Crippen LogP contribution is -1.91. The van der Waals surface area contributed by atoms with Gasteiger partial charge in [-0.3, -0.25) is 5.10 Å². The monoisotopic (exact) mass is 341 g/mol. The van der Waals surface area contributed by atoms with E-state index in [1.165, 1.54) is 6.07 Å². The van der Waals surface area contributed by atoms with Gasteiger partial charge in [0.1, 0.15) is 0 Å². The standard InChI is InChI=1S/C17H13F2N5O/c18-12-3-1-10(6-13(12)19)8-16-23-22-15(25-16)7-9-2-4-14-11(5-9)17(20)24-21-14/h1-6H,7-8H2,(H3,20,21,24). The number of nitrogens with zero attached hydrogens (tertiary/aromatic N) is 3. The fraction of sp³-hybridized carbons (Fsp3) is 0.118. The van der Waals surface area contributed by atoms with Crippen molar-refractivity contribution in [3.8, 4) is 0 Å². The Morgan fingerprint density at radius 1 is 0.920 bits per heavy atom. The topological polar surface area (TPSA) is 93.6 Å². The third kappa shape index (κ3) is 3.06. The van der Waals surface area contributed by atoms with Gasteiger partial charge < -0.3 is 10.2 Å². The van der Waals surface area contributed by atoms with E-state index < -0.39 is 11.6 Å². The van der Waals surface area contributed by atoms with Gasteiger partial charge in [0, 0.05) is 5.39 Å². The lowest BCUT2D eigenvalue weighted by molar-refractivity contribution is 0.465. The molecule has 25 heavy (non-hydrogen) atoms. The Labute approximate surface area is 140 Å². The average molecular weight is 341 g/mol. The second-order valence-electron chi connectivity index (χ2n) is 5.68. The van der Waals surface area contributed by atoms with Crippen LogP contribution >= 0.6 is 0 Å². The maximum Gasteiger partial charge on any atom is 0.220 e. The smallest absolute Gasteiger partial charge is 0.220 e. The molecule has 0 aliphatic rings. The van der Waals surface area contributed by atoms with E-state index in [1.807, 2.05) is 18.2 Å². The van der Waals surface area contributed by atoms with Crippen molar-refractivity contribution in [3.63, 3.8) is 0 Å². The first-order chi connectivity index (χ1) is 12.1. The Hall–Kier alpha value is -3.29. The summed E-state index contributed by atoms with van der Waals surface area (Å²) in [6, 6.07) is 9.39. The Morgan fingerprint density at radius 2 is 1.60 bits per heavy atom. The highest BCUT2D eigenvalue weighted by atomic mass is 19.2. The molecule has 2 aromatic heterocycles. The second-order valence-corrected chi connectivity index (χ2v) is 5.68. The SMILES string of the molecule is Nc1n[nH]c2ccc(Cc3nnc(Cc4ccc(F)c(F)c4)o3)cc12. The van der Waals surface area contributed by atoms with Gasteiger partial charge in [0.15, 0.2) is 17.5 Å². The molecule has 0 saturated heterocycles. The predicted octanol–water partition coefficient (Wildman–Crippen LogP) is 2.99. The van der Waals surface area contributed by atoms with Crippen LogP contribution in [0.1, 0.15) is 22.9 Å². The minimum absolute atomic E-state index is 0.234. The number of nitrogens with two attached hydrogens (primary N) is 1. The normalized spacial score (nSPS) is 11.3. The first-order valence-electron chi connectivity index (χ1n) is 7.56. The van der Waals surface area contributed by atoms with E-state index in [9.17, 15) is 8.78 Å². The van der Waals surface area contributed by atoms with E-state index >= 15 is 0 Å². The molecule has 126 valence electrons. The van der Waals surface area contributed by atoms with E-state index in [4.69, 9.17) is 10.2 Å². The average Bonchev–Trinajstić information content (AvgIpc) is 3.18. The largest absolute Gasteiger partial charge is 0.425 e. The summed E-state index contributed by atoms with van der Waals surface area (Å²) in [5, 5.41) is 15.6. The molecule has 0 aliphatic carbocycles. The van der Waals surface area contributed by atoms with Gasteiger partial charge in [0.25, 0.3) is 0 Å². The van der Waals surface area contributed by atoms with Gasteiger partial charge in [-0.25, -0.2) is 8.78 Å². The van der Waals surface area contributed by atoms with Crippen LogP contribution in [0.5, 0.6) is 0 Å². The fourth-order valence-corrected chi connectivity index (χ4v) is 2.62. The molecule has 0 radical (unpaired) electrons. The number of aromatic nitrogens is 4. The van der Waals surface area contributed by atoms with Crippen LogP contribution in [0, 0.1) is 11.6 Å². The Bertz CT molecular complexity index is 1060. The zero-order valence-corrected chi connectivity index (χ0v) is 13.0. The molecule has 0 unspecified atom stereocenters. The second kappa shape index (κ2) is 5.97. The molecule has 4 rings (SSSR count). The van der Waals surface area contributed by atoms with Gasteiger partial charge in [-0.05, 0) is 35.4 Å². The Balaban J connectivity index is 1.52. The van der Waals surface area contributed by atoms with Crippen molar-refractivity contribution in [3.05, 3.63) is 70.9 Å². The molecular weight excluding hydrogens is 328 g/mol. The quantitative estimate of drug-likeness (QED) is 0.595. The van der Waals surface area contributed by atoms with Gasteiger partial charge in [-0.2, -0.15) is 5.10 Å². The minimum atomic E-state index is -0.900. The number of nitrogens with one attached hydrogen (secondary N) is 1. The molecule has 0 bridgehead atoms. The van der Waals surface area contributed by atoms with E-state index in [1.54, 1.807) is 0 Å². The maximum atomic E-state index is 13.2. The lowest BCUT2D eigenvalue weighted by Gasteiger charge is -1.99. The summed E-state index contributed by atoms with van der Waals surface area (Å²) in [6.45, 7) is 0. The minimum Gasteiger partial charge on any atom is -0.425 e. The fourth-order valence-electron chi connectivity index (χ4n) is 2.62. The van der Waals surface area contributed by atoms with Gasteiger partial charge in [0.05, 0.1) is 18.4 Å². The van der Waals surface area contributed by atoms with Gasteiger partial charge >= 0.3 is 0 Å².